The van der Waals surface area contributed by atoms with Crippen LogP contribution in [0.4, 0.5) is 23.1 Å². The highest BCUT2D eigenvalue weighted by molar-refractivity contribution is 7.92. The van der Waals surface area contributed by atoms with Crippen molar-refractivity contribution in [1.29, 1.82) is 0 Å². The third-order valence-corrected chi connectivity index (χ3v) is 9.17. The zero-order chi connectivity index (χ0) is 28.3. The third-order valence-electron chi connectivity index (χ3n) is 6.68. The van der Waals surface area contributed by atoms with E-state index in [0.717, 1.165) is 31.3 Å². The number of nitrogens with zero attached hydrogens (tertiary/aromatic N) is 3. The Morgan fingerprint density at radius 3 is 2.50 bits per heavy atom. The van der Waals surface area contributed by atoms with Crippen molar-refractivity contribution < 1.29 is 13.2 Å². The van der Waals surface area contributed by atoms with Gasteiger partial charge in [0.25, 0.3) is 5.91 Å². The monoisotopic (exact) mass is 579 g/mol. The van der Waals surface area contributed by atoms with Crippen molar-refractivity contribution in [3.8, 4) is 0 Å². The molecular weight excluding hydrogens is 550 g/mol. The molecular formula is C28H30ClN7O3S. The Balaban J connectivity index is 1.46. The Hall–Kier alpha value is -3.80. The molecule has 5 rings (SSSR count). The number of amides is 1. The Labute approximate surface area is 237 Å². The first-order valence-corrected chi connectivity index (χ1v) is 15.0. The van der Waals surface area contributed by atoms with Crippen LogP contribution < -0.4 is 21.3 Å². The van der Waals surface area contributed by atoms with Gasteiger partial charge in [0.2, 0.25) is 5.95 Å². The lowest BCUT2D eigenvalue weighted by Crippen LogP contribution is -2.42. The molecule has 0 radical (unpaired) electrons. The first-order valence-electron chi connectivity index (χ1n) is 13.0. The van der Waals surface area contributed by atoms with Crippen molar-refractivity contribution >= 4 is 61.4 Å². The lowest BCUT2D eigenvalue weighted by molar-refractivity contribution is 0.0925. The molecule has 1 fully saturated rings. The van der Waals surface area contributed by atoms with E-state index in [4.69, 9.17) is 11.6 Å². The maximum Gasteiger partial charge on any atom is 0.270 e. The highest BCUT2D eigenvalue weighted by Crippen LogP contribution is 2.31. The molecule has 0 unspecified atom stereocenters. The molecule has 1 amide bonds. The molecule has 0 bridgehead atoms. The van der Waals surface area contributed by atoms with E-state index in [9.17, 15) is 13.2 Å². The molecule has 3 heterocycles. The van der Waals surface area contributed by atoms with Crippen LogP contribution in [0.15, 0.2) is 65.7 Å². The van der Waals surface area contributed by atoms with Gasteiger partial charge in [-0.15, -0.1) is 0 Å². The third kappa shape index (κ3) is 6.01. The molecule has 2 aromatic carbocycles. The number of fused-ring (bicyclic) bond motifs is 1. The number of piperidine rings is 1. The van der Waals surface area contributed by atoms with E-state index in [2.05, 4.69) is 36.2 Å². The standard InChI is InChI=1S/C28H30ClN7O3S/c1-17(2)40(38,39)25-10-6-5-9-22(25)34-26-20(29)16-31-28(36-26)35-23-15-24(33-21-8-4-3-7-19(21)23)27(37)32-18-11-13-30-14-12-18/h3-10,15-18,30H,11-14H2,1-2H3,(H,32,37)(H2,31,33,34,35,36). The van der Waals surface area contributed by atoms with E-state index in [-0.39, 0.29) is 39.3 Å². The summed E-state index contributed by atoms with van der Waals surface area (Å²) >= 11 is 6.40. The number of benzene rings is 2. The minimum atomic E-state index is -3.56. The van der Waals surface area contributed by atoms with Crippen LogP contribution >= 0.6 is 11.6 Å². The lowest BCUT2D eigenvalue weighted by Gasteiger charge is -2.23. The Morgan fingerprint density at radius 2 is 1.73 bits per heavy atom. The maximum absolute atomic E-state index is 13.1. The van der Waals surface area contributed by atoms with Crippen LogP contribution in [0.3, 0.4) is 0 Å². The van der Waals surface area contributed by atoms with Crippen LogP contribution in [0.2, 0.25) is 5.02 Å². The molecule has 4 aromatic rings. The molecule has 12 heteroatoms. The van der Waals surface area contributed by atoms with Crippen LogP contribution in [0.25, 0.3) is 10.9 Å². The van der Waals surface area contributed by atoms with Gasteiger partial charge in [-0.2, -0.15) is 4.98 Å². The van der Waals surface area contributed by atoms with Crippen LogP contribution in [-0.4, -0.2) is 53.7 Å². The topological polar surface area (TPSA) is 138 Å². The molecule has 1 aliphatic heterocycles. The van der Waals surface area contributed by atoms with Crippen molar-refractivity contribution in [2.45, 2.75) is 42.9 Å². The molecule has 0 atom stereocenters. The molecule has 0 spiro atoms. The van der Waals surface area contributed by atoms with Gasteiger partial charge >= 0.3 is 0 Å². The molecule has 40 heavy (non-hydrogen) atoms. The summed E-state index contributed by atoms with van der Waals surface area (Å²) < 4.78 is 25.8. The number of hydrogen-bond donors (Lipinski definition) is 4. The number of halogens is 1. The van der Waals surface area contributed by atoms with Gasteiger partial charge in [-0.1, -0.05) is 41.9 Å². The first kappa shape index (κ1) is 27.8. The fourth-order valence-electron chi connectivity index (χ4n) is 4.46. The van der Waals surface area contributed by atoms with Crippen LogP contribution in [0, 0.1) is 0 Å². The van der Waals surface area contributed by atoms with Crippen LogP contribution in [-0.2, 0) is 9.84 Å². The number of anilines is 4. The summed E-state index contributed by atoms with van der Waals surface area (Å²) in [6.45, 7) is 4.99. The summed E-state index contributed by atoms with van der Waals surface area (Å²) in [6.07, 6.45) is 3.15. The number of rotatable bonds is 8. The number of sulfone groups is 1. The Morgan fingerprint density at radius 1 is 1.00 bits per heavy atom. The average Bonchev–Trinajstić information content (AvgIpc) is 2.95. The number of nitrogens with one attached hydrogen (secondary N) is 4. The van der Waals surface area contributed by atoms with Gasteiger partial charge in [-0.25, -0.2) is 18.4 Å². The number of para-hydroxylation sites is 2. The molecule has 4 N–H and O–H groups in total. The zero-order valence-corrected chi connectivity index (χ0v) is 23.7. The van der Waals surface area contributed by atoms with E-state index < -0.39 is 15.1 Å². The fraction of sp³-hybridized carbons (Fsp3) is 0.286. The largest absolute Gasteiger partial charge is 0.348 e. The zero-order valence-electron chi connectivity index (χ0n) is 22.1. The maximum atomic E-state index is 13.1. The molecule has 0 saturated carbocycles. The van der Waals surface area contributed by atoms with E-state index >= 15 is 0 Å². The molecule has 1 saturated heterocycles. The quantitative estimate of drug-likeness (QED) is 0.231. The summed E-state index contributed by atoms with van der Waals surface area (Å²) in [4.78, 5) is 26.7. The second kappa shape index (κ2) is 11.7. The number of carbonyl (C=O) groups excluding carboxylic acids is 1. The molecule has 208 valence electrons. The predicted octanol–water partition coefficient (Wildman–Crippen LogP) is 4.83. The van der Waals surface area contributed by atoms with Gasteiger partial charge in [0.1, 0.15) is 10.7 Å². The average molecular weight is 580 g/mol. The van der Waals surface area contributed by atoms with E-state index in [1.165, 1.54) is 6.20 Å². The Kier molecular flexibility index (Phi) is 8.15. The smallest absolute Gasteiger partial charge is 0.270 e. The van der Waals surface area contributed by atoms with Gasteiger partial charge in [0, 0.05) is 11.4 Å². The number of pyridine rings is 1. The van der Waals surface area contributed by atoms with Gasteiger partial charge < -0.3 is 21.3 Å². The summed E-state index contributed by atoms with van der Waals surface area (Å²) in [5.41, 5.74) is 1.87. The predicted molar refractivity (Wildman–Crippen MR) is 157 cm³/mol. The van der Waals surface area contributed by atoms with Crippen LogP contribution in [0.1, 0.15) is 37.2 Å². The minimum absolute atomic E-state index is 0.0917. The minimum Gasteiger partial charge on any atom is -0.348 e. The number of carbonyl (C=O) groups is 1. The molecule has 10 nitrogen and oxygen atoms in total. The van der Waals surface area contributed by atoms with Crippen molar-refractivity contribution in [3.05, 3.63) is 71.5 Å². The van der Waals surface area contributed by atoms with Crippen molar-refractivity contribution in [2.24, 2.45) is 0 Å². The van der Waals surface area contributed by atoms with Gasteiger partial charge in [-0.3, -0.25) is 4.79 Å². The highest BCUT2D eigenvalue weighted by atomic mass is 35.5. The lowest BCUT2D eigenvalue weighted by atomic mass is 10.1. The van der Waals surface area contributed by atoms with Crippen molar-refractivity contribution in [2.75, 3.05) is 23.7 Å². The second-order valence-electron chi connectivity index (χ2n) is 9.80. The SMILES string of the molecule is CC(C)S(=O)(=O)c1ccccc1Nc1nc(Nc2cc(C(=O)NC3CCNCC3)nc3ccccc23)ncc1Cl. The fourth-order valence-corrected chi connectivity index (χ4v) is 5.80. The summed E-state index contributed by atoms with van der Waals surface area (Å²) in [5.74, 6) is 0.188. The highest BCUT2D eigenvalue weighted by Gasteiger charge is 2.23. The summed E-state index contributed by atoms with van der Waals surface area (Å²) in [7, 11) is -3.56. The summed E-state index contributed by atoms with van der Waals surface area (Å²) in [6, 6.07) is 15.8. The van der Waals surface area contributed by atoms with Crippen LogP contribution in [0.5, 0.6) is 0 Å². The van der Waals surface area contributed by atoms with Gasteiger partial charge in [0.15, 0.2) is 15.7 Å². The van der Waals surface area contributed by atoms with E-state index in [0.29, 0.717) is 16.9 Å². The Bertz CT molecular complexity index is 1660. The molecule has 2 aromatic heterocycles. The molecule has 1 aliphatic rings. The second-order valence-corrected chi connectivity index (χ2v) is 12.7. The normalized spacial score (nSPS) is 14.3. The number of aromatic nitrogens is 3. The van der Waals surface area contributed by atoms with E-state index in [1.807, 2.05) is 24.3 Å². The van der Waals surface area contributed by atoms with Gasteiger partial charge in [0.05, 0.1) is 33.2 Å². The van der Waals surface area contributed by atoms with Crippen molar-refractivity contribution in [1.82, 2.24) is 25.6 Å². The number of hydrogen-bond acceptors (Lipinski definition) is 9. The van der Waals surface area contributed by atoms with Gasteiger partial charge in [-0.05, 0) is 64.0 Å². The summed E-state index contributed by atoms with van der Waals surface area (Å²) in [5, 5.41) is 13.0. The van der Waals surface area contributed by atoms with E-state index in [1.54, 1.807) is 44.2 Å². The first-order chi connectivity index (χ1) is 19.2. The van der Waals surface area contributed by atoms with Crippen molar-refractivity contribution in [3.63, 3.8) is 0 Å². The molecule has 0 aliphatic carbocycles.